The highest BCUT2D eigenvalue weighted by atomic mass is 16.6. The fraction of sp³-hybridized carbons (Fsp3) is 0.818. The summed E-state index contributed by atoms with van der Waals surface area (Å²) in [6, 6.07) is -0.180. The molecule has 2 bridgehead atoms. The quantitative estimate of drug-likeness (QED) is 0.738. The van der Waals surface area contributed by atoms with Crippen molar-refractivity contribution in [2.75, 3.05) is 13.2 Å². The molecule has 2 heterocycles. The Bertz CT molecular complexity index is 361. The lowest BCUT2D eigenvalue weighted by Gasteiger charge is -2.32. The van der Waals surface area contributed by atoms with Crippen molar-refractivity contribution < 1.29 is 24.2 Å². The Labute approximate surface area is 99.5 Å². The van der Waals surface area contributed by atoms with Crippen molar-refractivity contribution in [2.24, 2.45) is 0 Å². The lowest BCUT2D eigenvalue weighted by atomic mass is 10.0. The van der Waals surface area contributed by atoms with Crippen LogP contribution < -0.4 is 0 Å². The molecule has 0 spiro atoms. The summed E-state index contributed by atoms with van der Waals surface area (Å²) in [6.07, 6.45) is -0.115. The Morgan fingerprint density at radius 3 is 2.59 bits per heavy atom. The van der Waals surface area contributed by atoms with E-state index in [1.165, 1.54) is 4.90 Å². The van der Waals surface area contributed by atoms with E-state index < -0.39 is 23.3 Å². The van der Waals surface area contributed by atoms with Gasteiger partial charge in [-0.05, 0) is 20.8 Å². The van der Waals surface area contributed by atoms with Crippen molar-refractivity contribution >= 4 is 12.1 Å². The van der Waals surface area contributed by atoms with Crippen LogP contribution in [0.3, 0.4) is 0 Å². The number of likely N-dealkylation sites (tertiary alicyclic amines) is 1. The number of hydrogen-bond donors (Lipinski definition) is 1. The summed E-state index contributed by atoms with van der Waals surface area (Å²) in [5.41, 5.74) is -1.79. The average Bonchev–Trinajstić information content (AvgIpc) is 2.72. The van der Waals surface area contributed by atoms with E-state index in [-0.39, 0.29) is 19.2 Å². The molecular weight excluding hydrogens is 226 g/mol. The molecule has 2 aliphatic rings. The van der Waals surface area contributed by atoms with E-state index in [1.807, 2.05) is 0 Å². The van der Waals surface area contributed by atoms with Crippen LogP contribution in [0.15, 0.2) is 0 Å². The zero-order valence-electron chi connectivity index (χ0n) is 10.2. The minimum atomic E-state index is -1.22. The van der Waals surface area contributed by atoms with Gasteiger partial charge in [0, 0.05) is 6.42 Å². The van der Waals surface area contributed by atoms with Gasteiger partial charge in [0.25, 0.3) is 0 Å². The minimum Gasteiger partial charge on any atom is -0.479 e. The highest BCUT2D eigenvalue weighted by molar-refractivity contribution is 5.81. The Balaban J connectivity index is 2.07. The van der Waals surface area contributed by atoms with E-state index >= 15 is 0 Å². The normalized spacial score (nSPS) is 31.7. The number of fused-ring (bicyclic) bond motifs is 2. The van der Waals surface area contributed by atoms with Crippen LogP contribution >= 0.6 is 0 Å². The van der Waals surface area contributed by atoms with Crippen LogP contribution in [0.5, 0.6) is 0 Å². The number of carbonyl (C=O) groups excluding carboxylic acids is 1. The number of ether oxygens (including phenoxy) is 2. The van der Waals surface area contributed by atoms with Crippen LogP contribution in [0.25, 0.3) is 0 Å². The first-order valence-corrected chi connectivity index (χ1v) is 5.60. The standard InChI is InChI=1S/C11H17NO5/c1-10(2,3)17-9(15)12-6-11(8(13)14)4-7(12)5-16-11/h7H,4-6H2,1-3H3,(H,13,14)/t7?,11-/m1/s1. The first kappa shape index (κ1) is 12.2. The molecular formula is C11H17NO5. The molecule has 0 radical (unpaired) electrons. The van der Waals surface area contributed by atoms with Gasteiger partial charge in [0.15, 0.2) is 5.60 Å². The second kappa shape index (κ2) is 3.60. The Morgan fingerprint density at radius 2 is 2.12 bits per heavy atom. The third kappa shape index (κ3) is 2.09. The number of aliphatic carboxylic acids is 1. The molecule has 0 aliphatic carbocycles. The van der Waals surface area contributed by atoms with Gasteiger partial charge < -0.3 is 14.6 Å². The van der Waals surface area contributed by atoms with Crippen molar-refractivity contribution in [3.63, 3.8) is 0 Å². The number of nitrogens with zero attached hydrogens (tertiary/aromatic N) is 1. The van der Waals surface area contributed by atoms with Crippen LogP contribution in [-0.4, -0.2) is 52.5 Å². The lowest BCUT2D eigenvalue weighted by Crippen LogP contribution is -2.50. The number of rotatable bonds is 1. The first-order valence-electron chi connectivity index (χ1n) is 5.60. The predicted octanol–water partition coefficient (Wildman–Crippen LogP) is 0.849. The molecule has 1 amide bonds. The minimum absolute atomic E-state index is 0.0713. The molecule has 0 aromatic carbocycles. The van der Waals surface area contributed by atoms with Crippen LogP contribution in [0.4, 0.5) is 4.79 Å². The molecule has 2 rings (SSSR count). The lowest BCUT2D eigenvalue weighted by molar-refractivity contribution is -0.162. The summed E-state index contributed by atoms with van der Waals surface area (Å²) in [6.45, 7) is 5.68. The van der Waals surface area contributed by atoms with Gasteiger partial charge in [0.1, 0.15) is 5.60 Å². The molecule has 2 aliphatic heterocycles. The van der Waals surface area contributed by atoms with Gasteiger partial charge in [-0.2, -0.15) is 0 Å². The summed E-state index contributed by atoms with van der Waals surface area (Å²) in [7, 11) is 0. The summed E-state index contributed by atoms with van der Waals surface area (Å²) in [5, 5.41) is 9.12. The van der Waals surface area contributed by atoms with Crippen molar-refractivity contribution in [1.82, 2.24) is 4.90 Å². The van der Waals surface area contributed by atoms with Gasteiger partial charge >= 0.3 is 12.1 Å². The second-order valence-corrected chi connectivity index (χ2v) is 5.58. The van der Waals surface area contributed by atoms with E-state index in [1.54, 1.807) is 20.8 Å². The zero-order valence-corrected chi connectivity index (χ0v) is 10.2. The van der Waals surface area contributed by atoms with Gasteiger partial charge in [-0.25, -0.2) is 9.59 Å². The van der Waals surface area contributed by atoms with E-state index in [9.17, 15) is 9.59 Å². The van der Waals surface area contributed by atoms with Gasteiger partial charge in [-0.1, -0.05) is 0 Å². The van der Waals surface area contributed by atoms with Crippen LogP contribution in [-0.2, 0) is 14.3 Å². The number of morpholine rings is 1. The largest absolute Gasteiger partial charge is 0.479 e. The molecule has 2 fully saturated rings. The fourth-order valence-corrected chi connectivity index (χ4v) is 2.22. The zero-order chi connectivity index (χ0) is 12.8. The molecule has 6 heteroatoms. The smallest absolute Gasteiger partial charge is 0.410 e. The maximum Gasteiger partial charge on any atom is 0.410 e. The monoisotopic (exact) mass is 243 g/mol. The summed E-state index contributed by atoms with van der Waals surface area (Å²) >= 11 is 0. The van der Waals surface area contributed by atoms with Crippen molar-refractivity contribution in [2.45, 2.75) is 44.4 Å². The van der Waals surface area contributed by atoms with E-state index in [0.717, 1.165) is 0 Å². The van der Waals surface area contributed by atoms with E-state index in [2.05, 4.69) is 0 Å². The molecule has 0 saturated carbocycles. The summed E-state index contributed by atoms with van der Waals surface area (Å²) in [5.74, 6) is -1.01. The number of carboxylic acids is 1. The third-order valence-electron chi connectivity index (χ3n) is 3.00. The predicted molar refractivity (Wildman–Crippen MR) is 57.7 cm³/mol. The summed E-state index contributed by atoms with van der Waals surface area (Å²) < 4.78 is 10.5. The molecule has 96 valence electrons. The SMILES string of the molecule is CC(C)(C)OC(=O)N1C[C@@]2(C(=O)O)CC1CO2. The van der Waals surface area contributed by atoms with Gasteiger partial charge in [0.05, 0.1) is 19.2 Å². The molecule has 1 unspecified atom stereocenters. The fourth-order valence-electron chi connectivity index (χ4n) is 2.22. The van der Waals surface area contributed by atoms with E-state index in [0.29, 0.717) is 6.42 Å². The van der Waals surface area contributed by atoms with Gasteiger partial charge in [-0.15, -0.1) is 0 Å². The molecule has 0 aromatic heterocycles. The number of carboxylic acid groups (broad SMARTS) is 1. The van der Waals surface area contributed by atoms with Crippen molar-refractivity contribution in [3.8, 4) is 0 Å². The molecule has 1 N–H and O–H groups in total. The molecule has 17 heavy (non-hydrogen) atoms. The Hall–Kier alpha value is -1.30. The highest BCUT2D eigenvalue weighted by Gasteiger charge is 2.58. The number of carbonyl (C=O) groups is 2. The molecule has 0 aromatic rings. The molecule has 2 saturated heterocycles. The summed E-state index contributed by atoms with van der Waals surface area (Å²) in [4.78, 5) is 24.5. The second-order valence-electron chi connectivity index (χ2n) is 5.58. The topological polar surface area (TPSA) is 76.1 Å². The molecule has 6 nitrogen and oxygen atoms in total. The van der Waals surface area contributed by atoms with E-state index in [4.69, 9.17) is 14.6 Å². The van der Waals surface area contributed by atoms with Gasteiger partial charge in [-0.3, -0.25) is 4.90 Å². The van der Waals surface area contributed by atoms with Gasteiger partial charge in [0.2, 0.25) is 0 Å². The Kier molecular flexibility index (Phi) is 2.57. The van der Waals surface area contributed by atoms with Crippen molar-refractivity contribution in [3.05, 3.63) is 0 Å². The average molecular weight is 243 g/mol. The molecule has 2 atom stereocenters. The Morgan fingerprint density at radius 1 is 1.47 bits per heavy atom. The number of hydrogen-bond acceptors (Lipinski definition) is 4. The number of amides is 1. The van der Waals surface area contributed by atoms with Crippen LogP contribution in [0.1, 0.15) is 27.2 Å². The third-order valence-corrected chi connectivity index (χ3v) is 3.00. The van der Waals surface area contributed by atoms with Crippen LogP contribution in [0.2, 0.25) is 0 Å². The maximum absolute atomic E-state index is 11.9. The first-order chi connectivity index (χ1) is 7.73. The van der Waals surface area contributed by atoms with Crippen molar-refractivity contribution in [1.29, 1.82) is 0 Å². The maximum atomic E-state index is 11.9. The highest BCUT2D eigenvalue weighted by Crippen LogP contribution is 2.38. The van der Waals surface area contributed by atoms with Crippen LogP contribution in [0, 0.1) is 0 Å².